The van der Waals surface area contributed by atoms with Crippen LogP contribution in [0.3, 0.4) is 0 Å². The first-order valence-electron chi connectivity index (χ1n) is 5.80. The monoisotopic (exact) mass is 260 g/mol. The number of hydrogen-bond acceptors (Lipinski definition) is 4. The van der Waals surface area contributed by atoms with Crippen molar-refractivity contribution in [1.82, 2.24) is 9.97 Å². The summed E-state index contributed by atoms with van der Waals surface area (Å²) in [4.78, 5) is 10.7. The molecule has 1 aromatic carbocycles. The highest BCUT2D eigenvalue weighted by Crippen LogP contribution is 2.31. The zero-order valence-electron chi connectivity index (χ0n) is 10.0. The van der Waals surface area contributed by atoms with E-state index < -0.39 is 0 Å². The van der Waals surface area contributed by atoms with Gasteiger partial charge in [-0.25, -0.2) is 4.98 Å². The summed E-state index contributed by atoms with van der Waals surface area (Å²) in [6.07, 6.45) is 1.64. The van der Waals surface area contributed by atoms with Gasteiger partial charge in [-0.3, -0.25) is 0 Å². The number of nitrogens with zero attached hydrogens (tertiary/aromatic N) is 3. The van der Waals surface area contributed by atoms with Crippen molar-refractivity contribution in [3.05, 3.63) is 46.6 Å². The topological polar surface area (TPSA) is 41.1 Å². The van der Waals surface area contributed by atoms with Crippen LogP contribution in [0.5, 0.6) is 0 Å². The Morgan fingerprint density at radius 2 is 1.89 bits per heavy atom. The molecule has 0 fully saturated rings. The van der Waals surface area contributed by atoms with E-state index in [-0.39, 0.29) is 0 Å². The van der Waals surface area contributed by atoms with Crippen molar-refractivity contribution in [2.45, 2.75) is 13.1 Å². The molecule has 0 unspecified atom stereocenters. The highest BCUT2D eigenvalue weighted by molar-refractivity contribution is 6.32. The lowest BCUT2D eigenvalue weighted by Crippen LogP contribution is -2.17. The van der Waals surface area contributed by atoms with Crippen LogP contribution >= 0.6 is 11.6 Å². The number of anilines is 2. The third kappa shape index (κ3) is 1.88. The molecule has 0 saturated heterocycles. The molecule has 18 heavy (non-hydrogen) atoms. The van der Waals surface area contributed by atoms with Crippen LogP contribution in [-0.2, 0) is 13.1 Å². The summed E-state index contributed by atoms with van der Waals surface area (Å²) in [5.41, 5.74) is 2.66. The van der Waals surface area contributed by atoms with Crippen molar-refractivity contribution in [2.24, 2.45) is 0 Å². The van der Waals surface area contributed by atoms with Gasteiger partial charge in [0, 0.05) is 20.1 Å². The maximum atomic E-state index is 6.18. The molecular weight excluding hydrogens is 248 g/mol. The quantitative estimate of drug-likeness (QED) is 0.901. The van der Waals surface area contributed by atoms with E-state index >= 15 is 0 Å². The average Bonchev–Trinajstić information content (AvgIpc) is 2.82. The fraction of sp³-hybridized carbons (Fsp3) is 0.231. The van der Waals surface area contributed by atoms with Gasteiger partial charge in [0.2, 0.25) is 5.95 Å². The van der Waals surface area contributed by atoms with Gasteiger partial charge >= 0.3 is 0 Å². The highest BCUT2D eigenvalue weighted by atomic mass is 35.5. The molecule has 0 amide bonds. The highest BCUT2D eigenvalue weighted by Gasteiger charge is 2.22. The normalized spacial score (nSPS) is 13.6. The molecule has 4 nitrogen and oxygen atoms in total. The van der Waals surface area contributed by atoms with Gasteiger partial charge in [0.05, 0.1) is 6.20 Å². The van der Waals surface area contributed by atoms with E-state index in [1.54, 1.807) is 13.2 Å². The van der Waals surface area contributed by atoms with E-state index in [2.05, 4.69) is 44.5 Å². The van der Waals surface area contributed by atoms with Crippen molar-refractivity contribution >= 4 is 23.4 Å². The van der Waals surface area contributed by atoms with Crippen LogP contribution in [0, 0.1) is 0 Å². The predicted molar refractivity (Wildman–Crippen MR) is 72.9 cm³/mol. The van der Waals surface area contributed by atoms with Crippen LogP contribution in [0.1, 0.15) is 11.1 Å². The fourth-order valence-corrected chi connectivity index (χ4v) is 2.39. The number of hydrogen-bond donors (Lipinski definition) is 1. The van der Waals surface area contributed by atoms with Crippen LogP contribution in [0.2, 0.25) is 5.02 Å². The SMILES string of the molecule is CNc1ncc(Cl)c(N2Cc3ccccc3C2)n1. The standard InChI is InChI=1S/C13H13ClN4/c1-15-13-16-6-11(14)12(17-13)18-7-9-4-2-3-5-10(9)8-18/h2-6H,7-8H2,1H3,(H,15,16,17). The van der Waals surface area contributed by atoms with Crippen molar-refractivity contribution in [1.29, 1.82) is 0 Å². The second-order valence-electron chi connectivity index (χ2n) is 4.24. The van der Waals surface area contributed by atoms with Gasteiger partial charge in [-0.2, -0.15) is 4.98 Å². The van der Waals surface area contributed by atoms with Crippen molar-refractivity contribution in [3.8, 4) is 0 Å². The molecular formula is C13H13ClN4. The zero-order valence-corrected chi connectivity index (χ0v) is 10.8. The van der Waals surface area contributed by atoms with E-state index in [4.69, 9.17) is 11.6 Å². The van der Waals surface area contributed by atoms with E-state index in [0.717, 1.165) is 18.9 Å². The molecule has 0 radical (unpaired) electrons. The molecule has 2 aromatic rings. The second kappa shape index (κ2) is 4.46. The second-order valence-corrected chi connectivity index (χ2v) is 4.65. The number of rotatable bonds is 2. The molecule has 0 atom stereocenters. The van der Waals surface area contributed by atoms with Gasteiger partial charge < -0.3 is 10.2 Å². The molecule has 0 saturated carbocycles. The van der Waals surface area contributed by atoms with Gasteiger partial charge in [0.1, 0.15) is 5.02 Å². The molecule has 3 rings (SSSR count). The lowest BCUT2D eigenvalue weighted by atomic mass is 10.1. The van der Waals surface area contributed by atoms with Gasteiger partial charge in [-0.1, -0.05) is 35.9 Å². The number of halogens is 1. The third-order valence-electron chi connectivity index (χ3n) is 3.09. The molecule has 2 heterocycles. The summed E-state index contributed by atoms with van der Waals surface area (Å²) in [6.45, 7) is 1.69. The third-order valence-corrected chi connectivity index (χ3v) is 3.36. The van der Waals surface area contributed by atoms with E-state index in [0.29, 0.717) is 11.0 Å². The summed E-state index contributed by atoms with van der Waals surface area (Å²) in [5.74, 6) is 1.37. The molecule has 92 valence electrons. The summed E-state index contributed by atoms with van der Waals surface area (Å²) in [5, 5.41) is 3.52. The van der Waals surface area contributed by atoms with Crippen molar-refractivity contribution in [2.75, 3.05) is 17.3 Å². The van der Waals surface area contributed by atoms with Crippen LogP contribution in [-0.4, -0.2) is 17.0 Å². The van der Waals surface area contributed by atoms with E-state index in [1.165, 1.54) is 11.1 Å². The molecule has 0 aliphatic carbocycles. The summed E-state index contributed by atoms with van der Waals surface area (Å²) in [7, 11) is 1.80. The Morgan fingerprint density at radius 3 is 2.50 bits per heavy atom. The molecule has 0 spiro atoms. The van der Waals surface area contributed by atoms with Gasteiger partial charge in [-0.15, -0.1) is 0 Å². The average molecular weight is 261 g/mol. The Morgan fingerprint density at radius 1 is 1.22 bits per heavy atom. The minimum atomic E-state index is 0.585. The van der Waals surface area contributed by atoms with Crippen molar-refractivity contribution < 1.29 is 0 Å². The molecule has 1 aliphatic rings. The van der Waals surface area contributed by atoms with Crippen LogP contribution in [0.15, 0.2) is 30.5 Å². The smallest absolute Gasteiger partial charge is 0.224 e. The minimum absolute atomic E-state index is 0.585. The molecule has 5 heteroatoms. The van der Waals surface area contributed by atoms with Crippen LogP contribution in [0.4, 0.5) is 11.8 Å². The first kappa shape index (κ1) is 11.3. The first-order valence-corrected chi connectivity index (χ1v) is 6.18. The summed E-state index contributed by atoms with van der Waals surface area (Å²) >= 11 is 6.18. The Balaban J connectivity index is 1.94. The number of aromatic nitrogens is 2. The number of fused-ring (bicyclic) bond motifs is 1. The Kier molecular flexibility index (Phi) is 2.80. The summed E-state index contributed by atoms with van der Waals surface area (Å²) in [6, 6.07) is 8.40. The molecule has 1 N–H and O–H groups in total. The Hall–Kier alpha value is -1.81. The maximum Gasteiger partial charge on any atom is 0.224 e. The lowest BCUT2D eigenvalue weighted by molar-refractivity contribution is 0.852. The Bertz CT molecular complexity index is 560. The van der Waals surface area contributed by atoms with E-state index in [9.17, 15) is 0 Å². The number of nitrogens with one attached hydrogen (secondary N) is 1. The van der Waals surface area contributed by atoms with Crippen LogP contribution < -0.4 is 10.2 Å². The van der Waals surface area contributed by atoms with E-state index in [1.807, 2.05) is 0 Å². The summed E-state index contributed by atoms with van der Waals surface area (Å²) < 4.78 is 0. The first-order chi connectivity index (χ1) is 8.78. The van der Waals surface area contributed by atoms with Crippen molar-refractivity contribution in [3.63, 3.8) is 0 Å². The molecule has 0 bridgehead atoms. The molecule has 1 aromatic heterocycles. The largest absolute Gasteiger partial charge is 0.357 e. The minimum Gasteiger partial charge on any atom is -0.357 e. The van der Waals surface area contributed by atoms with Crippen LogP contribution in [0.25, 0.3) is 0 Å². The molecule has 1 aliphatic heterocycles. The zero-order chi connectivity index (χ0) is 12.5. The number of benzene rings is 1. The maximum absolute atomic E-state index is 6.18. The van der Waals surface area contributed by atoms with Gasteiger partial charge in [-0.05, 0) is 11.1 Å². The van der Waals surface area contributed by atoms with Gasteiger partial charge in [0.25, 0.3) is 0 Å². The Labute approximate surface area is 111 Å². The fourth-order valence-electron chi connectivity index (χ4n) is 2.18. The lowest BCUT2D eigenvalue weighted by Gasteiger charge is -2.18. The van der Waals surface area contributed by atoms with Gasteiger partial charge in [0.15, 0.2) is 5.82 Å². The predicted octanol–water partition coefficient (Wildman–Crippen LogP) is 2.69.